The monoisotopic (exact) mass is 416 g/mol. The number of nitrogens with zero attached hydrogens (tertiary/aromatic N) is 1. The Balaban J connectivity index is 1.91. The summed E-state index contributed by atoms with van der Waals surface area (Å²) in [6.45, 7) is 6.39. The van der Waals surface area contributed by atoms with Crippen molar-refractivity contribution in [3.8, 4) is 5.75 Å². The van der Waals surface area contributed by atoms with Crippen LogP contribution in [0.25, 0.3) is 0 Å². The molecule has 0 saturated carbocycles. The van der Waals surface area contributed by atoms with Gasteiger partial charge in [0.1, 0.15) is 5.75 Å². The van der Waals surface area contributed by atoms with E-state index in [4.69, 9.17) is 4.74 Å². The molecule has 2 aromatic rings. The van der Waals surface area contributed by atoms with Crippen LogP contribution in [-0.2, 0) is 6.42 Å². The summed E-state index contributed by atoms with van der Waals surface area (Å²) in [7, 11) is 1.69. The molecule has 1 aliphatic heterocycles. The first-order valence-electron chi connectivity index (χ1n) is 9.07. The molecule has 0 saturated heterocycles. The van der Waals surface area contributed by atoms with Crippen molar-refractivity contribution in [3.05, 3.63) is 63.1 Å². The number of rotatable bonds is 5. The van der Waals surface area contributed by atoms with Crippen LogP contribution < -0.4 is 10.1 Å². The SMILES string of the molecule is CCN(CC)C(=O)c1ccc(C2NCCc3cc(Br)c(OC)cc32)cc1. The predicted octanol–water partition coefficient (Wildman–Crippen LogP) is 4.17. The van der Waals surface area contributed by atoms with Gasteiger partial charge < -0.3 is 15.0 Å². The van der Waals surface area contributed by atoms with Gasteiger partial charge in [0.05, 0.1) is 17.6 Å². The molecule has 26 heavy (non-hydrogen) atoms. The minimum atomic E-state index is 0.0872. The zero-order valence-electron chi connectivity index (χ0n) is 15.5. The van der Waals surface area contributed by atoms with Crippen molar-refractivity contribution in [1.29, 1.82) is 0 Å². The molecule has 1 atom stereocenters. The number of carbonyl (C=O) groups is 1. The number of amides is 1. The number of halogens is 1. The Morgan fingerprint density at radius 3 is 2.54 bits per heavy atom. The molecule has 1 amide bonds. The van der Waals surface area contributed by atoms with E-state index in [1.165, 1.54) is 11.1 Å². The second-order valence-corrected chi connectivity index (χ2v) is 7.28. The third-order valence-corrected chi connectivity index (χ3v) is 5.63. The van der Waals surface area contributed by atoms with Crippen LogP contribution in [0.15, 0.2) is 40.9 Å². The number of carbonyl (C=O) groups excluding carboxylic acids is 1. The van der Waals surface area contributed by atoms with Crippen LogP contribution in [0.3, 0.4) is 0 Å². The quantitative estimate of drug-likeness (QED) is 0.794. The van der Waals surface area contributed by atoms with E-state index in [1.54, 1.807) is 7.11 Å². The topological polar surface area (TPSA) is 41.6 Å². The molecular formula is C21H25BrN2O2. The van der Waals surface area contributed by atoms with Gasteiger partial charge >= 0.3 is 0 Å². The van der Waals surface area contributed by atoms with Crippen molar-refractivity contribution in [3.63, 3.8) is 0 Å². The highest BCUT2D eigenvalue weighted by Gasteiger charge is 2.23. The molecule has 0 fully saturated rings. The summed E-state index contributed by atoms with van der Waals surface area (Å²) in [5.41, 5.74) is 4.46. The van der Waals surface area contributed by atoms with Crippen molar-refractivity contribution in [1.82, 2.24) is 10.2 Å². The average molecular weight is 417 g/mol. The van der Waals surface area contributed by atoms with E-state index in [0.717, 1.165) is 47.4 Å². The summed E-state index contributed by atoms with van der Waals surface area (Å²) in [5.74, 6) is 0.926. The Bertz CT molecular complexity index is 785. The highest BCUT2D eigenvalue weighted by molar-refractivity contribution is 9.10. The van der Waals surface area contributed by atoms with E-state index in [0.29, 0.717) is 0 Å². The van der Waals surface area contributed by atoms with Gasteiger partial charge in [-0.3, -0.25) is 4.79 Å². The molecule has 1 heterocycles. The number of hydrogen-bond donors (Lipinski definition) is 1. The highest BCUT2D eigenvalue weighted by atomic mass is 79.9. The molecule has 1 aliphatic rings. The summed E-state index contributed by atoms with van der Waals surface area (Å²) < 4.78 is 6.46. The van der Waals surface area contributed by atoms with Crippen LogP contribution in [0.2, 0.25) is 0 Å². The number of hydrogen-bond acceptors (Lipinski definition) is 3. The second kappa shape index (κ2) is 8.23. The summed E-state index contributed by atoms with van der Waals surface area (Å²) in [4.78, 5) is 14.3. The van der Waals surface area contributed by atoms with E-state index in [1.807, 2.05) is 30.9 Å². The molecule has 0 aliphatic carbocycles. The van der Waals surface area contributed by atoms with Crippen molar-refractivity contribution in [2.75, 3.05) is 26.7 Å². The normalized spacial score (nSPS) is 16.1. The maximum Gasteiger partial charge on any atom is 0.253 e. The number of nitrogens with one attached hydrogen (secondary N) is 1. The van der Waals surface area contributed by atoms with Gasteiger partial charge in [0.25, 0.3) is 5.91 Å². The Kier molecular flexibility index (Phi) is 5.99. The lowest BCUT2D eigenvalue weighted by Crippen LogP contribution is -2.31. The largest absolute Gasteiger partial charge is 0.496 e. The third kappa shape index (κ3) is 3.64. The maximum absolute atomic E-state index is 12.5. The zero-order chi connectivity index (χ0) is 18.7. The zero-order valence-corrected chi connectivity index (χ0v) is 17.1. The molecule has 0 radical (unpaired) electrons. The fraction of sp³-hybridized carbons (Fsp3) is 0.381. The van der Waals surface area contributed by atoms with Gasteiger partial charge in [-0.25, -0.2) is 0 Å². The van der Waals surface area contributed by atoms with E-state index in [9.17, 15) is 4.79 Å². The lowest BCUT2D eigenvalue weighted by molar-refractivity contribution is 0.0773. The van der Waals surface area contributed by atoms with Gasteiger partial charge in [-0.15, -0.1) is 0 Å². The number of methoxy groups -OCH3 is 1. The maximum atomic E-state index is 12.5. The smallest absolute Gasteiger partial charge is 0.253 e. The fourth-order valence-corrected chi connectivity index (χ4v) is 4.07. The van der Waals surface area contributed by atoms with E-state index in [2.05, 4.69) is 45.5 Å². The molecular weight excluding hydrogens is 392 g/mol. The molecule has 2 aromatic carbocycles. The van der Waals surface area contributed by atoms with Crippen molar-refractivity contribution in [2.45, 2.75) is 26.3 Å². The summed E-state index contributed by atoms with van der Waals surface area (Å²) in [6, 6.07) is 12.3. The standard InChI is InChI=1S/C21H25BrN2O2/c1-4-24(5-2)21(25)15-8-6-14(7-9-15)20-17-13-19(26-3)18(22)12-16(17)10-11-23-20/h6-9,12-13,20,23H,4-5,10-11H2,1-3H3. The summed E-state index contributed by atoms with van der Waals surface area (Å²) in [6.07, 6.45) is 0.993. The van der Waals surface area contributed by atoms with Crippen molar-refractivity contribution >= 4 is 21.8 Å². The number of fused-ring (bicyclic) bond motifs is 1. The van der Waals surface area contributed by atoms with Crippen LogP contribution in [-0.4, -0.2) is 37.6 Å². The molecule has 138 valence electrons. The minimum Gasteiger partial charge on any atom is -0.496 e. The average Bonchev–Trinajstić information content (AvgIpc) is 2.68. The first-order chi connectivity index (χ1) is 12.6. The Hall–Kier alpha value is -1.85. The second-order valence-electron chi connectivity index (χ2n) is 6.42. The van der Waals surface area contributed by atoms with Crippen LogP contribution in [0.4, 0.5) is 0 Å². The fourth-order valence-electron chi connectivity index (χ4n) is 3.52. The van der Waals surface area contributed by atoms with Crippen LogP contribution in [0.5, 0.6) is 5.75 Å². The van der Waals surface area contributed by atoms with Gasteiger partial charge in [-0.2, -0.15) is 0 Å². The Morgan fingerprint density at radius 1 is 1.23 bits per heavy atom. The van der Waals surface area contributed by atoms with Gasteiger partial charge in [-0.05, 0) is 77.2 Å². The van der Waals surface area contributed by atoms with E-state index in [-0.39, 0.29) is 11.9 Å². The predicted molar refractivity (Wildman–Crippen MR) is 108 cm³/mol. The van der Waals surface area contributed by atoms with Crippen LogP contribution in [0, 0.1) is 0 Å². The first-order valence-corrected chi connectivity index (χ1v) is 9.87. The Labute approximate surface area is 163 Å². The third-order valence-electron chi connectivity index (χ3n) is 5.01. The van der Waals surface area contributed by atoms with Gasteiger partial charge in [0.15, 0.2) is 0 Å². The van der Waals surface area contributed by atoms with Crippen LogP contribution >= 0.6 is 15.9 Å². The molecule has 5 heteroatoms. The molecule has 3 rings (SSSR count). The molecule has 4 nitrogen and oxygen atoms in total. The molecule has 1 N–H and O–H groups in total. The molecule has 0 bridgehead atoms. The Morgan fingerprint density at radius 2 is 1.92 bits per heavy atom. The van der Waals surface area contributed by atoms with E-state index < -0.39 is 0 Å². The summed E-state index contributed by atoms with van der Waals surface area (Å²) >= 11 is 3.58. The molecule has 0 spiro atoms. The van der Waals surface area contributed by atoms with Gasteiger partial charge in [0, 0.05) is 25.2 Å². The first kappa shape index (κ1) is 18.9. The lowest BCUT2D eigenvalue weighted by Gasteiger charge is -2.28. The van der Waals surface area contributed by atoms with Crippen molar-refractivity contribution in [2.24, 2.45) is 0 Å². The van der Waals surface area contributed by atoms with Gasteiger partial charge in [-0.1, -0.05) is 12.1 Å². The van der Waals surface area contributed by atoms with Crippen molar-refractivity contribution < 1.29 is 9.53 Å². The summed E-state index contributed by atoms with van der Waals surface area (Å²) in [5, 5.41) is 3.59. The molecule has 1 unspecified atom stereocenters. The number of ether oxygens (including phenoxy) is 1. The minimum absolute atomic E-state index is 0.0872. The van der Waals surface area contributed by atoms with E-state index >= 15 is 0 Å². The molecule has 0 aromatic heterocycles. The number of benzene rings is 2. The van der Waals surface area contributed by atoms with Gasteiger partial charge in [0.2, 0.25) is 0 Å². The highest BCUT2D eigenvalue weighted by Crippen LogP contribution is 2.36. The van der Waals surface area contributed by atoms with Crippen LogP contribution in [0.1, 0.15) is 46.9 Å². The lowest BCUT2D eigenvalue weighted by atomic mass is 9.89.